The minimum Gasteiger partial charge on any atom is -0.493 e. The average molecular weight is 263 g/mol. The van der Waals surface area contributed by atoms with Crippen molar-refractivity contribution in [3.05, 3.63) is 29.8 Å². The van der Waals surface area contributed by atoms with Crippen LogP contribution in [0.4, 0.5) is 0 Å². The van der Waals surface area contributed by atoms with Gasteiger partial charge in [0.05, 0.1) is 12.2 Å². The fourth-order valence-corrected chi connectivity index (χ4v) is 2.82. The van der Waals surface area contributed by atoms with Gasteiger partial charge in [0.15, 0.2) is 0 Å². The molecule has 0 spiro atoms. The lowest BCUT2D eigenvalue weighted by molar-refractivity contribution is 0.00883. The van der Waals surface area contributed by atoms with Gasteiger partial charge >= 0.3 is 0 Å². The molecule has 0 radical (unpaired) electrons. The minimum atomic E-state index is -0.149. The Kier molecular flexibility index (Phi) is 4.48. The first-order valence-corrected chi connectivity index (χ1v) is 7.04. The summed E-state index contributed by atoms with van der Waals surface area (Å²) in [4.78, 5) is 0. The van der Waals surface area contributed by atoms with Crippen LogP contribution >= 0.6 is 0 Å². The summed E-state index contributed by atoms with van der Waals surface area (Å²) in [5.41, 5.74) is 7.46. The number of benzene rings is 1. The van der Waals surface area contributed by atoms with Gasteiger partial charge in [0.1, 0.15) is 5.75 Å². The second-order valence-corrected chi connectivity index (χ2v) is 6.04. The molecule has 2 N–H and O–H groups in total. The predicted molar refractivity (Wildman–Crippen MR) is 77.6 cm³/mol. The van der Waals surface area contributed by atoms with E-state index in [9.17, 15) is 0 Å². The van der Waals surface area contributed by atoms with E-state index in [1.54, 1.807) is 7.11 Å². The maximum absolute atomic E-state index is 6.30. The standard InChI is InChI=1S/C16H25NO2/c1-16(2,18-3)11-13(17)10-12-8-9-19-15-7-5-4-6-14(12)15/h4-7,12-13H,8-11,17H2,1-3H3. The third-order valence-electron chi connectivity index (χ3n) is 3.98. The molecule has 2 rings (SSSR count). The van der Waals surface area contributed by atoms with Crippen LogP contribution in [0.3, 0.4) is 0 Å². The van der Waals surface area contributed by atoms with Crippen LogP contribution < -0.4 is 10.5 Å². The van der Waals surface area contributed by atoms with E-state index >= 15 is 0 Å². The molecule has 3 heteroatoms. The molecule has 1 aromatic rings. The van der Waals surface area contributed by atoms with Gasteiger partial charge in [-0.3, -0.25) is 0 Å². The van der Waals surface area contributed by atoms with Gasteiger partial charge in [-0.25, -0.2) is 0 Å². The summed E-state index contributed by atoms with van der Waals surface area (Å²) >= 11 is 0. The average Bonchev–Trinajstić information content (AvgIpc) is 2.38. The van der Waals surface area contributed by atoms with Gasteiger partial charge < -0.3 is 15.2 Å². The zero-order chi connectivity index (χ0) is 13.9. The molecule has 0 bridgehead atoms. The molecule has 2 unspecified atom stereocenters. The minimum absolute atomic E-state index is 0.149. The third kappa shape index (κ3) is 3.71. The highest BCUT2D eigenvalue weighted by Crippen LogP contribution is 2.36. The van der Waals surface area contributed by atoms with E-state index < -0.39 is 0 Å². The first kappa shape index (κ1) is 14.4. The Morgan fingerprint density at radius 1 is 1.42 bits per heavy atom. The number of para-hydroxylation sites is 1. The SMILES string of the molecule is COC(C)(C)CC(N)CC1CCOc2ccccc21. The van der Waals surface area contributed by atoms with Crippen LogP contribution in [0.25, 0.3) is 0 Å². The highest BCUT2D eigenvalue weighted by atomic mass is 16.5. The Balaban J connectivity index is 2.01. The van der Waals surface area contributed by atoms with E-state index in [0.717, 1.165) is 31.6 Å². The molecular weight excluding hydrogens is 238 g/mol. The van der Waals surface area contributed by atoms with Crippen molar-refractivity contribution in [3.8, 4) is 5.75 Å². The Labute approximate surface area is 116 Å². The van der Waals surface area contributed by atoms with Gasteiger partial charge in [-0.15, -0.1) is 0 Å². The lowest BCUT2D eigenvalue weighted by Crippen LogP contribution is -2.35. The first-order valence-electron chi connectivity index (χ1n) is 7.04. The second kappa shape index (κ2) is 5.93. The zero-order valence-electron chi connectivity index (χ0n) is 12.2. The Morgan fingerprint density at radius 3 is 2.89 bits per heavy atom. The Hall–Kier alpha value is -1.06. The molecule has 0 aliphatic carbocycles. The van der Waals surface area contributed by atoms with E-state index in [4.69, 9.17) is 15.2 Å². The largest absolute Gasteiger partial charge is 0.493 e. The highest BCUT2D eigenvalue weighted by Gasteiger charge is 2.26. The number of hydrogen-bond acceptors (Lipinski definition) is 3. The van der Waals surface area contributed by atoms with Gasteiger partial charge in [0, 0.05) is 13.2 Å². The van der Waals surface area contributed by atoms with Gasteiger partial charge in [-0.1, -0.05) is 18.2 Å². The summed E-state index contributed by atoms with van der Waals surface area (Å²) in [5, 5.41) is 0. The maximum Gasteiger partial charge on any atom is 0.122 e. The van der Waals surface area contributed by atoms with Crippen molar-refractivity contribution in [2.24, 2.45) is 5.73 Å². The molecular formula is C16H25NO2. The number of nitrogens with two attached hydrogens (primary N) is 1. The van der Waals surface area contributed by atoms with Crippen molar-refractivity contribution in [2.75, 3.05) is 13.7 Å². The van der Waals surface area contributed by atoms with Crippen molar-refractivity contribution in [3.63, 3.8) is 0 Å². The topological polar surface area (TPSA) is 44.5 Å². The molecule has 106 valence electrons. The van der Waals surface area contributed by atoms with Crippen LogP contribution in [-0.4, -0.2) is 25.4 Å². The van der Waals surface area contributed by atoms with E-state index in [1.165, 1.54) is 5.56 Å². The molecule has 1 aliphatic rings. The summed E-state index contributed by atoms with van der Waals surface area (Å²) in [7, 11) is 1.75. The molecule has 1 aliphatic heterocycles. The Morgan fingerprint density at radius 2 is 2.16 bits per heavy atom. The van der Waals surface area contributed by atoms with E-state index in [-0.39, 0.29) is 11.6 Å². The van der Waals surface area contributed by atoms with Crippen LogP contribution in [0.2, 0.25) is 0 Å². The quantitative estimate of drug-likeness (QED) is 0.888. The third-order valence-corrected chi connectivity index (χ3v) is 3.98. The number of rotatable bonds is 5. The van der Waals surface area contributed by atoms with Crippen LogP contribution in [0.1, 0.15) is 44.6 Å². The van der Waals surface area contributed by atoms with Crippen LogP contribution in [0.15, 0.2) is 24.3 Å². The molecule has 1 aromatic carbocycles. The van der Waals surface area contributed by atoms with Gasteiger partial charge in [-0.2, -0.15) is 0 Å². The number of ether oxygens (including phenoxy) is 2. The van der Waals surface area contributed by atoms with Crippen molar-refractivity contribution >= 4 is 0 Å². The van der Waals surface area contributed by atoms with Crippen LogP contribution in [0, 0.1) is 0 Å². The zero-order valence-corrected chi connectivity index (χ0v) is 12.2. The predicted octanol–water partition coefficient (Wildman–Crippen LogP) is 3.09. The molecule has 0 aromatic heterocycles. The molecule has 19 heavy (non-hydrogen) atoms. The molecule has 3 nitrogen and oxygen atoms in total. The second-order valence-electron chi connectivity index (χ2n) is 6.04. The molecule has 0 saturated carbocycles. The molecule has 0 saturated heterocycles. The van der Waals surface area contributed by atoms with Crippen molar-refractivity contribution in [2.45, 2.75) is 50.7 Å². The van der Waals surface area contributed by atoms with E-state index in [0.29, 0.717) is 5.92 Å². The van der Waals surface area contributed by atoms with Gasteiger partial charge in [0.2, 0.25) is 0 Å². The fourth-order valence-electron chi connectivity index (χ4n) is 2.82. The van der Waals surface area contributed by atoms with Crippen molar-refractivity contribution in [1.82, 2.24) is 0 Å². The first-order chi connectivity index (χ1) is 9.02. The van der Waals surface area contributed by atoms with Crippen molar-refractivity contribution in [1.29, 1.82) is 0 Å². The lowest BCUT2D eigenvalue weighted by atomic mass is 9.85. The molecule has 2 atom stereocenters. The van der Waals surface area contributed by atoms with Crippen LogP contribution in [0.5, 0.6) is 5.75 Å². The van der Waals surface area contributed by atoms with E-state index in [2.05, 4.69) is 26.0 Å². The number of fused-ring (bicyclic) bond motifs is 1. The number of hydrogen-bond donors (Lipinski definition) is 1. The monoisotopic (exact) mass is 263 g/mol. The van der Waals surface area contributed by atoms with E-state index in [1.807, 2.05) is 12.1 Å². The van der Waals surface area contributed by atoms with Crippen LogP contribution in [-0.2, 0) is 4.74 Å². The normalized spacial score (nSPS) is 20.5. The molecule has 0 amide bonds. The smallest absolute Gasteiger partial charge is 0.122 e. The summed E-state index contributed by atoms with van der Waals surface area (Å²) in [6.07, 6.45) is 2.92. The summed E-state index contributed by atoms with van der Waals surface area (Å²) in [6, 6.07) is 8.46. The number of methoxy groups -OCH3 is 1. The lowest BCUT2D eigenvalue weighted by Gasteiger charge is -2.31. The molecule has 1 heterocycles. The van der Waals surface area contributed by atoms with Crippen molar-refractivity contribution < 1.29 is 9.47 Å². The highest BCUT2D eigenvalue weighted by molar-refractivity contribution is 5.37. The summed E-state index contributed by atoms with van der Waals surface area (Å²) in [5.74, 6) is 1.53. The summed E-state index contributed by atoms with van der Waals surface area (Å²) < 4.78 is 11.2. The maximum atomic E-state index is 6.30. The molecule has 0 fully saturated rings. The Bertz CT molecular complexity index is 417. The fraction of sp³-hybridized carbons (Fsp3) is 0.625. The van der Waals surface area contributed by atoms with Gasteiger partial charge in [-0.05, 0) is 50.7 Å². The van der Waals surface area contributed by atoms with Gasteiger partial charge in [0.25, 0.3) is 0 Å². The summed E-state index contributed by atoms with van der Waals surface area (Å²) in [6.45, 7) is 4.97.